The molecular weight excluding hydrogens is 315 g/mol. The Balaban J connectivity index is 2.52. The number of aliphatic imine (C=N–C) groups is 1. The highest BCUT2D eigenvalue weighted by Gasteiger charge is 2.14. The summed E-state index contributed by atoms with van der Waals surface area (Å²) in [6.45, 7) is 2.72. The van der Waals surface area contributed by atoms with Gasteiger partial charge in [-0.3, -0.25) is 9.79 Å². The molecule has 1 aromatic rings. The second-order valence-corrected chi connectivity index (χ2v) is 5.33. The maximum absolute atomic E-state index is 11.3. The van der Waals surface area contributed by atoms with Crippen LogP contribution in [0.5, 0.6) is 0 Å². The molecule has 8 heteroatoms. The van der Waals surface area contributed by atoms with Gasteiger partial charge in [0.2, 0.25) is 0 Å². The monoisotopic (exact) mass is 334 g/mol. The lowest BCUT2D eigenvalue weighted by atomic mass is 10.2. The van der Waals surface area contributed by atoms with Gasteiger partial charge in [0.15, 0.2) is 5.96 Å². The van der Waals surface area contributed by atoms with E-state index in [1.807, 2.05) is 7.05 Å². The third-order valence-corrected chi connectivity index (χ3v) is 3.90. The summed E-state index contributed by atoms with van der Waals surface area (Å²) in [4.78, 5) is 15.4. The summed E-state index contributed by atoms with van der Waals surface area (Å²) in [7, 11) is 4.86. The fourth-order valence-electron chi connectivity index (χ4n) is 1.69. The summed E-state index contributed by atoms with van der Waals surface area (Å²) in [5, 5.41) is 7.19. The highest BCUT2D eigenvalue weighted by atomic mass is 35.5. The molecule has 6 nitrogen and oxygen atoms in total. The van der Waals surface area contributed by atoms with E-state index in [0.29, 0.717) is 29.2 Å². The summed E-state index contributed by atoms with van der Waals surface area (Å²) < 4.78 is 6.46. The number of guanidine groups is 1. The maximum atomic E-state index is 11.3. The average Bonchev–Trinajstić information content (AvgIpc) is 2.73. The highest BCUT2D eigenvalue weighted by molar-refractivity contribution is 6.41. The number of halogens is 2. The van der Waals surface area contributed by atoms with Gasteiger partial charge in [-0.15, -0.1) is 0 Å². The number of carbonyl (C=O) groups is 1. The summed E-state index contributed by atoms with van der Waals surface area (Å²) in [5.41, 5.74) is 0.925. The average molecular weight is 335 g/mol. The molecule has 0 amide bonds. The van der Waals surface area contributed by atoms with Crippen LogP contribution in [0.1, 0.15) is 12.6 Å². The van der Waals surface area contributed by atoms with Crippen LogP contribution in [0.4, 0.5) is 0 Å². The summed E-state index contributed by atoms with van der Waals surface area (Å²) in [5.74, 6) is 0.0608. The lowest BCUT2D eigenvalue weighted by Crippen LogP contribution is -2.40. The second-order valence-electron chi connectivity index (χ2n) is 4.56. The Labute approximate surface area is 134 Å². The Morgan fingerprint density at radius 1 is 1.48 bits per heavy atom. The molecule has 1 unspecified atom stereocenters. The zero-order valence-corrected chi connectivity index (χ0v) is 14.0. The Bertz CT molecular complexity index is 528. The van der Waals surface area contributed by atoms with Gasteiger partial charge in [0.1, 0.15) is 5.15 Å². The Kier molecular flexibility index (Phi) is 6.84. The van der Waals surface area contributed by atoms with Crippen molar-refractivity contribution in [3.05, 3.63) is 21.9 Å². The van der Waals surface area contributed by atoms with Gasteiger partial charge in [-0.05, 0) is 6.07 Å². The topological polar surface area (TPSA) is 67.7 Å². The van der Waals surface area contributed by atoms with E-state index in [9.17, 15) is 4.79 Å². The van der Waals surface area contributed by atoms with Gasteiger partial charge in [-0.2, -0.15) is 0 Å². The van der Waals surface area contributed by atoms with Crippen LogP contribution in [0.25, 0.3) is 0 Å². The van der Waals surface area contributed by atoms with Crippen LogP contribution in [0.2, 0.25) is 10.2 Å². The Morgan fingerprint density at radius 3 is 2.62 bits per heavy atom. The van der Waals surface area contributed by atoms with Crippen LogP contribution >= 0.6 is 23.2 Å². The first-order valence-corrected chi connectivity index (χ1v) is 7.18. The molecule has 0 spiro atoms. The van der Waals surface area contributed by atoms with Crippen molar-refractivity contribution in [2.75, 3.05) is 20.7 Å². The molecular formula is C13H20Cl2N4O2. The first kappa shape index (κ1) is 17.7. The van der Waals surface area contributed by atoms with E-state index < -0.39 is 0 Å². The molecule has 0 aliphatic rings. The Morgan fingerprint density at radius 2 is 2.14 bits per heavy atom. The maximum Gasteiger partial charge on any atom is 0.310 e. The molecule has 0 saturated heterocycles. The standard InChI is InChI=1S/C13H20Cl2N4O2/c1-8(12(20)21-4)6-17-13(16-2)18-7-9-5-10(14)11(15)19(9)3/h5,8H,6-7H2,1-4H3,(H2,16,17,18). The third kappa shape index (κ3) is 4.82. The van der Waals surface area contributed by atoms with Crippen molar-refractivity contribution in [2.24, 2.45) is 18.0 Å². The van der Waals surface area contributed by atoms with E-state index in [0.717, 1.165) is 5.69 Å². The summed E-state index contributed by atoms with van der Waals surface area (Å²) in [6.07, 6.45) is 0. The van der Waals surface area contributed by atoms with Gasteiger partial charge in [0, 0.05) is 26.3 Å². The largest absolute Gasteiger partial charge is 0.469 e. The number of nitrogens with one attached hydrogen (secondary N) is 2. The van der Waals surface area contributed by atoms with E-state index in [4.69, 9.17) is 23.2 Å². The molecule has 0 fully saturated rings. The number of esters is 1. The van der Waals surface area contributed by atoms with Crippen molar-refractivity contribution in [2.45, 2.75) is 13.5 Å². The van der Waals surface area contributed by atoms with Gasteiger partial charge in [0.25, 0.3) is 0 Å². The molecule has 1 heterocycles. The second kappa shape index (κ2) is 8.14. The predicted octanol–water partition coefficient (Wildman–Crippen LogP) is 1.81. The van der Waals surface area contributed by atoms with Crippen molar-refractivity contribution < 1.29 is 9.53 Å². The van der Waals surface area contributed by atoms with Crippen molar-refractivity contribution in [3.63, 3.8) is 0 Å². The van der Waals surface area contributed by atoms with Gasteiger partial charge in [-0.1, -0.05) is 30.1 Å². The van der Waals surface area contributed by atoms with E-state index in [1.54, 1.807) is 24.6 Å². The molecule has 1 aromatic heterocycles. The molecule has 21 heavy (non-hydrogen) atoms. The van der Waals surface area contributed by atoms with E-state index in [1.165, 1.54) is 7.11 Å². The third-order valence-electron chi connectivity index (χ3n) is 3.06. The zero-order chi connectivity index (χ0) is 16.0. The normalized spacial score (nSPS) is 13.0. The smallest absolute Gasteiger partial charge is 0.310 e. The SMILES string of the molecule is CN=C(NCc1cc(Cl)c(Cl)n1C)NCC(C)C(=O)OC. The minimum absolute atomic E-state index is 0.257. The lowest BCUT2D eigenvalue weighted by Gasteiger charge is -2.15. The van der Waals surface area contributed by atoms with Crippen molar-refractivity contribution in [1.29, 1.82) is 0 Å². The van der Waals surface area contributed by atoms with E-state index in [-0.39, 0.29) is 11.9 Å². The molecule has 1 atom stereocenters. The van der Waals surface area contributed by atoms with Gasteiger partial charge in [-0.25, -0.2) is 0 Å². The van der Waals surface area contributed by atoms with Crippen molar-refractivity contribution in [3.8, 4) is 0 Å². The fourth-order valence-corrected chi connectivity index (χ4v) is 2.10. The number of nitrogens with zero attached hydrogens (tertiary/aromatic N) is 2. The Hall–Kier alpha value is -1.40. The number of aromatic nitrogens is 1. The molecule has 0 aliphatic heterocycles. The number of methoxy groups -OCH3 is 1. The van der Waals surface area contributed by atoms with Crippen LogP contribution < -0.4 is 10.6 Å². The molecule has 0 bridgehead atoms. The summed E-state index contributed by atoms with van der Waals surface area (Å²) in [6, 6.07) is 1.79. The quantitative estimate of drug-likeness (QED) is 0.489. The number of rotatable bonds is 5. The van der Waals surface area contributed by atoms with Crippen molar-refractivity contribution in [1.82, 2.24) is 15.2 Å². The van der Waals surface area contributed by atoms with Crippen LogP contribution in [0.3, 0.4) is 0 Å². The number of carbonyl (C=O) groups excluding carboxylic acids is 1. The predicted molar refractivity (Wildman–Crippen MR) is 84.8 cm³/mol. The van der Waals surface area contributed by atoms with Gasteiger partial charge >= 0.3 is 5.97 Å². The number of ether oxygens (including phenoxy) is 1. The molecule has 0 aliphatic carbocycles. The first-order chi connectivity index (χ1) is 9.90. The molecule has 118 valence electrons. The van der Waals surface area contributed by atoms with E-state index >= 15 is 0 Å². The highest BCUT2D eigenvalue weighted by Crippen LogP contribution is 2.24. The fraction of sp³-hybridized carbons (Fsp3) is 0.538. The van der Waals surface area contributed by atoms with Crippen LogP contribution in [0.15, 0.2) is 11.1 Å². The van der Waals surface area contributed by atoms with Gasteiger partial charge in [0.05, 0.1) is 24.6 Å². The number of hydrogen-bond donors (Lipinski definition) is 2. The summed E-state index contributed by atoms with van der Waals surface area (Å²) >= 11 is 12.0. The van der Waals surface area contributed by atoms with Gasteiger partial charge < -0.3 is 19.9 Å². The minimum atomic E-state index is -0.265. The van der Waals surface area contributed by atoms with Crippen LogP contribution in [-0.2, 0) is 23.1 Å². The van der Waals surface area contributed by atoms with E-state index in [2.05, 4.69) is 20.4 Å². The first-order valence-electron chi connectivity index (χ1n) is 6.42. The number of hydrogen-bond acceptors (Lipinski definition) is 3. The van der Waals surface area contributed by atoms with Crippen LogP contribution in [0, 0.1) is 5.92 Å². The van der Waals surface area contributed by atoms with Crippen molar-refractivity contribution >= 4 is 35.1 Å². The lowest BCUT2D eigenvalue weighted by molar-refractivity contribution is -0.144. The minimum Gasteiger partial charge on any atom is -0.469 e. The molecule has 0 radical (unpaired) electrons. The molecule has 0 aromatic carbocycles. The molecule has 1 rings (SSSR count). The zero-order valence-electron chi connectivity index (χ0n) is 12.5. The molecule has 2 N–H and O–H groups in total. The van der Waals surface area contributed by atoms with Crippen LogP contribution in [-0.4, -0.2) is 37.2 Å². The molecule has 0 saturated carbocycles.